The molecule has 1 saturated carbocycles. The third-order valence-corrected chi connectivity index (χ3v) is 15.8. The van der Waals surface area contributed by atoms with Crippen LogP contribution in [-0.2, 0) is 66.3 Å². The number of hydrogen-bond acceptors (Lipinski definition) is 35. The van der Waals surface area contributed by atoms with Gasteiger partial charge in [0.05, 0.1) is 46.2 Å². The summed E-state index contributed by atoms with van der Waals surface area (Å²) < 4.78 is 79.5. The fourth-order valence-electron chi connectivity index (χ4n) is 10.7. The molecular formula is C46H78O35. The van der Waals surface area contributed by atoms with E-state index in [9.17, 15) is 107 Å². The molecule has 35 heteroatoms. The molecule has 21 saturated heterocycles. The summed E-state index contributed by atoms with van der Waals surface area (Å²) in [6, 6.07) is 0. The average Bonchev–Trinajstić information content (AvgIpc) is 3.52. The predicted octanol–water partition coefficient (Wildman–Crippen LogP) is -13.7. The van der Waals surface area contributed by atoms with Crippen LogP contribution in [0.15, 0.2) is 0 Å². The molecule has 22 rings (SSSR count). The Morgan fingerprint density at radius 3 is 0.370 bits per heavy atom. The fourth-order valence-corrected chi connectivity index (χ4v) is 10.7. The van der Waals surface area contributed by atoms with E-state index in [0.717, 1.165) is 0 Å². The third-order valence-electron chi connectivity index (χ3n) is 15.8. The Morgan fingerprint density at radius 1 is 0.173 bits per heavy atom. The van der Waals surface area contributed by atoms with E-state index >= 15 is 0 Å². The lowest BCUT2D eigenvalue weighted by Crippen LogP contribution is -2.68. The first-order valence-corrected chi connectivity index (χ1v) is 26.6. The standard InChI is InChI=1S/C42H70O35.C4H8/c43-1-8-29-15(50)22(57)36(64-8)72-30-9(2-44)66-38(24(59)17(30)52)74-32-11(4-46)68-40(26(61)19(32)54)76-34-13(6-48)70-42(28(63)21(34)56)77-35-14(7-49)69-41(27(62)20(35)55)75-33-12(5-47)67-39(25(60)18(33)53)73-31-10(3-45)65-37(71-29)23(58)16(31)51;1-2-4-3-1/h8-63H,1-7H2;1-4H2/t8?,9?,10?,11?,12?,13?,14?,15-,16-,17-,18-,19-,20-,21+,22?,23?,24?,25?,26?,27?,28?,29-,30-,31-,32-,33-,34-,35-,36+,37-,38-,39-,40+,41+,42+;/m1./s1. The summed E-state index contributed by atoms with van der Waals surface area (Å²) in [5, 5.41) is 230. The van der Waals surface area contributed by atoms with Crippen molar-refractivity contribution in [2.75, 3.05) is 46.2 Å². The first-order chi connectivity index (χ1) is 38.7. The van der Waals surface area contributed by atoms with E-state index in [4.69, 9.17) is 66.3 Å². The molecule has 14 unspecified atom stereocenters. The van der Waals surface area contributed by atoms with Gasteiger partial charge in [0.2, 0.25) is 0 Å². The van der Waals surface area contributed by atoms with Crippen LogP contribution in [0.3, 0.4) is 0 Å². The van der Waals surface area contributed by atoms with Crippen LogP contribution in [0.25, 0.3) is 0 Å². The van der Waals surface area contributed by atoms with Gasteiger partial charge < -0.3 is 174 Å². The van der Waals surface area contributed by atoms with Gasteiger partial charge in [0.25, 0.3) is 0 Å². The Labute approximate surface area is 459 Å². The van der Waals surface area contributed by atoms with Crippen LogP contribution in [-0.4, -0.2) is 368 Å². The molecule has 35 atom stereocenters. The molecule has 0 radical (unpaired) electrons. The van der Waals surface area contributed by atoms with Crippen molar-refractivity contribution in [3.05, 3.63) is 0 Å². The third kappa shape index (κ3) is 13.5. The number of rotatable bonds is 7. The fraction of sp³-hybridized carbons (Fsp3) is 1.00. The van der Waals surface area contributed by atoms with Crippen molar-refractivity contribution in [3.63, 3.8) is 0 Å². The van der Waals surface area contributed by atoms with Crippen LogP contribution in [0.5, 0.6) is 0 Å². The maximum Gasteiger partial charge on any atom is 0.187 e. The Kier molecular flexibility index (Phi) is 23.2. The predicted molar refractivity (Wildman–Crippen MR) is 247 cm³/mol. The minimum Gasteiger partial charge on any atom is -0.394 e. The van der Waals surface area contributed by atoms with Gasteiger partial charge in [-0.15, -0.1) is 0 Å². The van der Waals surface area contributed by atoms with E-state index in [2.05, 4.69) is 0 Å². The molecule has 1 aliphatic carbocycles. The van der Waals surface area contributed by atoms with E-state index in [1.54, 1.807) is 0 Å². The van der Waals surface area contributed by atoms with Gasteiger partial charge in [-0.1, -0.05) is 25.7 Å². The summed E-state index contributed by atoms with van der Waals surface area (Å²) in [5.74, 6) is 0. The highest BCUT2D eigenvalue weighted by Crippen LogP contribution is 2.39. The smallest absolute Gasteiger partial charge is 0.187 e. The molecule has 472 valence electrons. The SMILES string of the molecule is C1CCC1.OCC1O[C@@H]2O[C@@H]3C(CO)O[C@@H](O[C@@H]4C(CO)O[C@H](O[C@@H]5C(CO)O[C@@H](O[C@@H]6C(CO)O[C@@H](O[C@@H]7C(CO)O[C@@H](O[C@@H]8C(CO)O[C@H](O[C@H]1[C@H](O)C2O)C(O)[C@H]8O)C(O)[C@H]7O)C(O)[C@@H]6O)C(O)[C@H]5O)C(O)[C@H]4O)C(O)[C@H]3O. The van der Waals surface area contributed by atoms with Crippen molar-refractivity contribution in [2.45, 2.75) is 241 Å². The molecule has 22 fully saturated rings. The Balaban J connectivity index is 0.00000206. The van der Waals surface area contributed by atoms with Crippen molar-refractivity contribution in [2.24, 2.45) is 0 Å². The van der Waals surface area contributed by atoms with Gasteiger partial charge in [-0.25, -0.2) is 0 Å². The number of ether oxygens (including phenoxy) is 14. The summed E-state index contributed by atoms with van der Waals surface area (Å²) in [5.41, 5.74) is 0. The van der Waals surface area contributed by atoms with Crippen LogP contribution < -0.4 is 0 Å². The van der Waals surface area contributed by atoms with Gasteiger partial charge >= 0.3 is 0 Å². The number of aliphatic hydroxyl groups excluding tert-OH is 21. The van der Waals surface area contributed by atoms with Crippen molar-refractivity contribution in [3.8, 4) is 0 Å². The normalized spacial score (nSPS) is 53.8. The zero-order valence-electron chi connectivity index (χ0n) is 43.1. The quantitative estimate of drug-likeness (QED) is 0.113. The minimum absolute atomic E-state index is 1.05. The van der Waals surface area contributed by atoms with Gasteiger partial charge in [0, 0.05) is 0 Å². The first-order valence-electron chi connectivity index (χ1n) is 26.6. The van der Waals surface area contributed by atoms with Crippen molar-refractivity contribution >= 4 is 0 Å². The molecule has 0 aromatic rings. The van der Waals surface area contributed by atoms with E-state index in [0.29, 0.717) is 0 Å². The summed E-state index contributed by atoms with van der Waals surface area (Å²) in [6.45, 7) is -7.33. The van der Waals surface area contributed by atoms with Crippen LogP contribution in [0.1, 0.15) is 25.7 Å². The summed E-state index contributed by atoms with van der Waals surface area (Å²) >= 11 is 0. The first kappa shape index (κ1) is 65.6. The zero-order valence-corrected chi connectivity index (χ0v) is 43.1. The molecule has 0 amide bonds. The van der Waals surface area contributed by atoms with E-state index in [-0.39, 0.29) is 0 Å². The number of aliphatic hydroxyl groups is 21. The molecule has 22 aliphatic rings. The van der Waals surface area contributed by atoms with Crippen LogP contribution in [0.2, 0.25) is 0 Å². The highest BCUT2D eigenvalue weighted by molar-refractivity contribution is 5.01. The van der Waals surface area contributed by atoms with Crippen LogP contribution in [0.4, 0.5) is 0 Å². The molecule has 21 N–H and O–H groups in total. The van der Waals surface area contributed by atoms with Crippen molar-refractivity contribution in [1.29, 1.82) is 0 Å². The lowest BCUT2D eigenvalue weighted by atomic mass is 9.95. The van der Waals surface area contributed by atoms with E-state index in [1.807, 2.05) is 0 Å². The lowest BCUT2D eigenvalue weighted by Gasteiger charge is -2.50. The highest BCUT2D eigenvalue weighted by Gasteiger charge is 2.59. The molecule has 0 aromatic heterocycles. The monoisotopic (exact) mass is 1190 g/mol. The summed E-state index contributed by atoms with van der Waals surface area (Å²) in [6.07, 6.45) is -64.2. The maximum absolute atomic E-state index is 11.3. The lowest BCUT2D eigenvalue weighted by molar-refractivity contribution is -0.396. The molecule has 21 heterocycles. The minimum atomic E-state index is -2.21. The van der Waals surface area contributed by atoms with Gasteiger partial charge in [0.15, 0.2) is 44.0 Å². The highest BCUT2D eigenvalue weighted by atomic mass is 16.8. The summed E-state index contributed by atoms with van der Waals surface area (Å²) in [4.78, 5) is 0. The molecular weight excluding hydrogens is 1110 g/mol. The van der Waals surface area contributed by atoms with Gasteiger partial charge in [-0.2, -0.15) is 0 Å². The Morgan fingerprint density at radius 2 is 0.284 bits per heavy atom. The molecule has 14 bridgehead atoms. The Hall–Kier alpha value is -1.40. The van der Waals surface area contributed by atoms with Crippen LogP contribution >= 0.6 is 0 Å². The average molecular weight is 1190 g/mol. The molecule has 0 aromatic carbocycles. The van der Waals surface area contributed by atoms with Crippen LogP contribution in [0, 0.1) is 0 Å². The van der Waals surface area contributed by atoms with Crippen molar-refractivity contribution in [1.82, 2.24) is 0 Å². The second-order valence-electron chi connectivity index (χ2n) is 21.1. The molecule has 21 aliphatic heterocycles. The van der Waals surface area contributed by atoms with E-state index < -0.39 is 261 Å². The number of hydrogen-bond donors (Lipinski definition) is 21. The largest absolute Gasteiger partial charge is 0.394 e. The molecule has 0 spiro atoms. The Bertz CT molecular complexity index is 1530. The maximum atomic E-state index is 11.3. The molecule has 81 heavy (non-hydrogen) atoms. The second-order valence-corrected chi connectivity index (χ2v) is 21.1. The molecule has 35 nitrogen and oxygen atoms in total. The van der Waals surface area contributed by atoms with Gasteiger partial charge in [-0.05, 0) is 0 Å². The topological polar surface area (TPSA) is 554 Å². The van der Waals surface area contributed by atoms with Crippen molar-refractivity contribution < 1.29 is 174 Å². The zero-order chi connectivity index (χ0) is 58.9. The second kappa shape index (κ2) is 28.6. The van der Waals surface area contributed by atoms with E-state index in [1.165, 1.54) is 25.7 Å². The summed E-state index contributed by atoms with van der Waals surface area (Å²) in [7, 11) is 0. The van der Waals surface area contributed by atoms with Gasteiger partial charge in [-0.3, -0.25) is 0 Å². The van der Waals surface area contributed by atoms with Gasteiger partial charge in [0.1, 0.15) is 171 Å².